The highest BCUT2D eigenvalue weighted by molar-refractivity contribution is 5.83. The number of para-hydroxylation sites is 1. The maximum absolute atomic E-state index is 12.3. The Hall–Kier alpha value is -3.81. The van der Waals surface area contributed by atoms with Gasteiger partial charge in [-0.25, -0.2) is 4.79 Å². The van der Waals surface area contributed by atoms with Gasteiger partial charge in [0.15, 0.2) is 6.10 Å². The van der Waals surface area contributed by atoms with Gasteiger partial charge < -0.3 is 25.8 Å². The van der Waals surface area contributed by atoms with Crippen LogP contribution in [0.3, 0.4) is 0 Å². The normalized spacial score (nSPS) is 12.2. The summed E-state index contributed by atoms with van der Waals surface area (Å²) in [6.07, 6.45) is 0.319. The highest BCUT2D eigenvalue weighted by atomic mass is 16.5. The van der Waals surface area contributed by atoms with Crippen LogP contribution in [0.5, 0.6) is 11.5 Å². The minimum absolute atomic E-state index is 0.211. The van der Waals surface area contributed by atoms with Gasteiger partial charge in [-0.2, -0.15) is 0 Å². The molecular weight excluding hydrogens is 386 g/mol. The van der Waals surface area contributed by atoms with Crippen molar-refractivity contribution in [3.63, 3.8) is 0 Å². The fourth-order valence-electron chi connectivity index (χ4n) is 2.63. The van der Waals surface area contributed by atoms with E-state index >= 15 is 0 Å². The Kier molecular flexibility index (Phi) is 8.43. The maximum Gasteiger partial charge on any atom is 0.312 e. The number of primary amides is 1. The third-order valence-electron chi connectivity index (χ3n) is 4.02. The number of urea groups is 1. The molecule has 30 heavy (non-hydrogen) atoms. The van der Waals surface area contributed by atoms with E-state index < -0.39 is 30.1 Å². The van der Waals surface area contributed by atoms with Crippen LogP contribution in [0.25, 0.3) is 0 Å². The van der Waals surface area contributed by atoms with Gasteiger partial charge in [0.25, 0.3) is 5.91 Å². The van der Waals surface area contributed by atoms with Crippen molar-refractivity contribution in [3.8, 4) is 11.5 Å². The van der Waals surface area contributed by atoms with Crippen molar-refractivity contribution < 1.29 is 23.9 Å². The molecule has 0 aliphatic rings. The molecule has 0 aromatic heterocycles. The number of hydrogen-bond donors (Lipinski definition) is 3. The molecule has 0 fully saturated rings. The lowest BCUT2D eigenvalue weighted by atomic mass is 10.0. The smallest absolute Gasteiger partial charge is 0.312 e. The molecule has 0 saturated carbocycles. The Morgan fingerprint density at radius 1 is 1.10 bits per heavy atom. The molecule has 0 aliphatic carbocycles. The highest BCUT2D eigenvalue weighted by Crippen LogP contribution is 2.26. The van der Waals surface area contributed by atoms with E-state index in [9.17, 15) is 14.4 Å². The first kappa shape index (κ1) is 22.5. The third kappa shape index (κ3) is 7.31. The number of amides is 3. The second-order valence-electron chi connectivity index (χ2n) is 6.42. The number of carbonyl (C=O) groups excluding carboxylic acids is 3. The third-order valence-corrected chi connectivity index (χ3v) is 4.02. The summed E-state index contributed by atoms with van der Waals surface area (Å²) in [5.41, 5.74) is 5.87. The van der Waals surface area contributed by atoms with Gasteiger partial charge in [-0.05, 0) is 36.8 Å². The maximum atomic E-state index is 12.3. The monoisotopic (exact) mass is 411 g/mol. The number of rotatable bonds is 10. The van der Waals surface area contributed by atoms with Crippen molar-refractivity contribution in [2.45, 2.75) is 25.5 Å². The fraction of sp³-hybridized carbons (Fsp3) is 0.227. The van der Waals surface area contributed by atoms with Gasteiger partial charge in [0.1, 0.15) is 11.5 Å². The molecule has 0 unspecified atom stereocenters. The lowest BCUT2D eigenvalue weighted by Crippen LogP contribution is -2.38. The summed E-state index contributed by atoms with van der Waals surface area (Å²) in [5.74, 6) is 0.0682. The largest absolute Gasteiger partial charge is 0.457 e. The Bertz CT molecular complexity index is 885. The Labute approximate surface area is 175 Å². The highest BCUT2D eigenvalue weighted by Gasteiger charge is 2.23. The van der Waals surface area contributed by atoms with E-state index in [4.69, 9.17) is 15.2 Å². The van der Waals surface area contributed by atoms with Gasteiger partial charge in [-0.15, -0.1) is 6.58 Å². The van der Waals surface area contributed by atoms with E-state index in [0.717, 1.165) is 0 Å². The van der Waals surface area contributed by atoms with Crippen molar-refractivity contribution in [3.05, 3.63) is 72.8 Å². The fourth-order valence-corrected chi connectivity index (χ4v) is 2.63. The predicted octanol–water partition coefficient (Wildman–Crippen LogP) is 2.81. The van der Waals surface area contributed by atoms with Crippen molar-refractivity contribution in [2.24, 2.45) is 5.73 Å². The summed E-state index contributed by atoms with van der Waals surface area (Å²) >= 11 is 0. The van der Waals surface area contributed by atoms with Crippen LogP contribution in [0.4, 0.5) is 4.79 Å². The molecule has 3 amide bonds. The first-order chi connectivity index (χ1) is 14.4. The van der Waals surface area contributed by atoms with Crippen LogP contribution >= 0.6 is 0 Å². The SMILES string of the molecule is C=CCNC(=O)[C@@H](C)OC(=O)C[C@H](NC(N)=O)c1cccc(Oc2ccccc2)c1. The first-order valence-corrected chi connectivity index (χ1v) is 9.36. The van der Waals surface area contributed by atoms with Crippen LogP contribution in [0, 0.1) is 0 Å². The Morgan fingerprint density at radius 2 is 1.80 bits per heavy atom. The standard InChI is InChI=1S/C22H25N3O5/c1-3-12-24-21(27)15(2)29-20(26)14-19(25-22(23)28)16-8-7-11-18(13-16)30-17-9-5-4-6-10-17/h3-11,13,15,19H,1,12,14H2,2H3,(H,24,27)(H3,23,25,28)/t15-,19+/m1/s1. The molecule has 8 heteroatoms. The van der Waals surface area contributed by atoms with Crippen molar-refractivity contribution in [1.82, 2.24) is 10.6 Å². The summed E-state index contributed by atoms with van der Waals surface area (Å²) in [5, 5.41) is 5.07. The zero-order valence-corrected chi connectivity index (χ0v) is 16.7. The molecular formula is C22H25N3O5. The minimum Gasteiger partial charge on any atom is -0.457 e. The van der Waals surface area contributed by atoms with Crippen molar-refractivity contribution in [2.75, 3.05) is 6.54 Å². The summed E-state index contributed by atoms with van der Waals surface area (Å²) in [6.45, 7) is 5.23. The lowest BCUT2D eigenvalue weighted by Gasteiger charge is -2.19. The molecule has 2 rings (SSSR count). The predicted molar refractivity (Wildman–Crippen MR) is 112 cm³/mol. The van der Waals surface area contributed by atoms with Crippen LogP contribution in [0.2, 0.25) is 0 Å². The number of nitrogens with one attached hydrogen (secondary N) is 2. The molecule has 158 valence electrons. The zero-order chi connectivity index (χ0) is 21.9. The molecule has 0 bridgehead atoms. The van der Waals surface area contributed by atoms with Gasteiger partial charge in [0, 0.05) is 6.54 Å². The number of carbonyl (C=O) groups is 3. The van der Waals surface area contributed by atoms with Gasteiger partial charge in [-0.1, -0.05) is 36.4 Å². The molecule has 0 spiro atoms. The quantitative estimate of drug-likeness (QED) is 0.410. The van der Waals surface area contributed by atoms with Gasteiger partial charge in [0.2, 0.25) is 0 Å². The molecule has 0 aliphatic heterocycles. The molecule has 2 atom stereocenters. The van der Waals surface area contributed by atoms with Gasteiger partial charge in [0.05, 0.1) is 12.5 Å². The molecule has 2 aromatic carbocycles. The van der Waals surface area contributed by atoms with Crippen LogP contribution in [-0.2, 0) is 14.3 Å². The second-order valence-corrected chi connectivity index (χ2v) is 6.42. The van der Waals surface area contributed by atoms with Crippen LogP contribution < -0.4 is 21.1 Å². The number of hydrogen-bond acceptors (Lipinski definition) is 5. The van der Waals surface area contributed by atoms with E-state index in [1.807, 2.05) is 30.3 Å². The summed E-state index contributed by atoms with van der Waals surface area (Å²) in [7, 11) is 0. The number of esters is 1. The number of benzene rings is 2. The summed E-state index contributed by atoms with van der Waals surface area (Å²) in [6, 6.07) is 14.6. The minimum atomic E-state index is -0.987. The first-order valence-electron chi connectivity index (χ1n) is 9.36. The average molecular weight is 411 g/mol. The summed E-state index contributed by atoms with van der Waals surface area (Å²) in [4.78, 5) is 35.6. The van der Waals surface area contributed by atoms with E-state index in [-0.39, 0.29) is 13.0 Å². The Morgan fingerprint density at radius 3 is 2.47 bits per heavy atom. The molecule has 2 aromatic rings. The molecule has 0 heterocycles. The van der Waals surface area contributed by atoms with E-state index in [2.05, 4.69) is 17.2 Å². The molecule has 8 nitrogen and oxygen atoms in total. The van der Waals surface area contributed by atoms with Gasteiger partial charge >= 0.3 is 12.0 Å². The van der Waals surface area contributed by atoms with E-state index in [0.29, 0.717) is 17.1 Å². The van der Waals surface area contributed by atoms with Crippen LogP contribution in [0.1, 0.15) is 24.9 Å². The average Bonchev–Trinajstić information content (AvgIpc) is 2.72. The number of ether oxygens (including phenoxy) is 2. The molecule has 0 radical (unpaired) electrons. The van der Waals surface area contributed by atoms with E-state index in [1.54, 1.807) is 24.3 Å². The van der Waals surface area contributed by atoms with Crippen molar-refractivity contribution >= 4 is 17.9 Å². The number of nitrogens with two attached hydrogens (primary N) is 1. The zero-order valence-electron chi connectivity index (χ0n) is 16.7. The van der Waals surface area contributed by atoms with Gasteiger partial charge in [-0.3, -0.25) is 9.59 Å². The molecule has 4 N–H and O–H groups in total. The topological polar surface area (TPSA) is 120 Å². The van der Waals surface area contributed by atoms with Crippen LogP contribution in [0.15, 0.2) is 67.3 Å². The van der Waals surface area contributed by atoms with Crippen molar-refractivity contribution in [1.29, 1.82) is 0 Å². The summed E-state index contributed by atoms with van der Waals surface area (Å²) < 4.78 is 11.0. The van der Waals surface area contributed by atoms with E-state index in [1.165, 1.54) is 13.0 Å². The van der Waals surface area contributed by atoms with Crippen LogP contribution in [-0.4, -0.2) is 30.6 Å². The molecule has 0 saturated heterocycles. The second kappa shape index (κ2) is 11.3. The Balaban J connectivity index is 2.08. The lowest BCUT2D eigenvalue weighted by molar-refractivity contribution is -0.155.